The van der Waals surface area contributed by atoms with Crippen LogP contribution in [-0.2, 0) is 0 Å². The van der Waals surface area contributed by atoms with Crippen LogP contribution >= 0.6 is 11.9 Å². The van der Waals surface area contributed by atoms with Crippen LogP contribution in [0.25, 0.3) is 22.4 Å². The van der Waals surface area contributed by atoms with Gasteiger partial charge in [0.15, 0.2) is 11.5 Å². The molecule has 2 amide bonds. The maximum atomic E-state index is 12.5. The van der Waals surface area contributed by atoms with E-state index < -0.39 is 6.03 Å². The minimum atomic E-state index is -0.504. The van der Waals surface area contributed by atoms with Gasteiger partial charge in [0.2, 0.25) is 5.12 Å². The number of amides is 2. The van der Waals surface area contributed by atoms with E-state index >= 15 is 0 Å². The highest BCUT2D eigenvalue weighted by molar-refractivity contribution is 8.12. The van der Waals surface area contributed by atoms with E-state index in [2.05, 4.69) is 20.0 Å². The predicted molar refractivity (Wildman–Crippen MR) is 128 cm³/mol. The quantitative estimate of drug-likeness (QED) is 0.375. The summed E-state index contributed by atoms with van der Waals surface area (Å²) < 4.78 is 13.5. The van der Waals surface area contributed by atoms with E-state index in [1.807, 2.05) is 49.4 Å². The molecule has 33 heavy (non-hydrogen) atoms. The first-order valence-corrected chi connectivity index (χ1v) is 11.1. The van der Waals surface area contributed by atoms with Gasteiger partial charge in [0, 0.05) is 28.8 Å². The first-order valence-electron chi connectivity index (χ1n) is 10.3. The number of imidazole rings is 1. The molecule has 1 aliphatic heterocycles. The molecule has 9 heteroatoms. The van der Waals surface area contributed by atoms with Crippen molar-refractivity contribution in [2.24, 2.45) is 0 Å². The third kappa shape index (κ3) is 4.49. The van der Waals surface area contributed by atoms with E-state index in [4.69, 9.17) is 9.47 Å². The molecule has 0 bridgehead atoms. The van der Waals surface area contributed by atoms with Gasteiger partial charge in [-0.2, -0.15) is 0 Å². The molecule has 1 aliphatic rings. The molecule has 4 aromatic rings. The average molecular weight is 461 g/mol. The number of benzene rings is 3. The third-order valence-corrected chi connectivity index (χ3v) is 5.87. The Labute approximate surface area is 193 Å². The lowest BCUT2D eigenvalue weighted by Gasteiger charge is -2.18. The molecule has 0 radical (unpaired) electrons. The van der Waals surface area contributed by atoms with Crippen LogP contribution in [0.2, 0.25) is 0 Å². The first-order chi connectivity index (χ1) is 16.1. The molecule has 8 nitrogen and oxygen atoms in total. The van der Waals surface area contributed by atoms with Crippen molar-refractivity contribution in [1.29, 1.82) is 0 Å². The molecule has 0 atom stereocenters. The number of nitrogens with one attached hydrogen (secondary N) is 3. The molecular weight excluding hydrogens is 440 g/mol. The molecule has 2 heterocycles. The lowest BCUT2D eigenvalue weighted by Crippen LogP contribution is -2.24. The SMILES string of the molecule is Cc1ccc(-c2nc3ccccc3[nH]2)cc1NC(=O)NSC(=O)c1ccc2c(c1)OCCO2. The average Bonchev–Trinajstić information content (AvgIpc) is 3.28. The minimum absolute atomic E-state index is 0.310. The van der Waals surface area contributed by atoms with Crippen molar-refractivity contribution < 1.29 is 19.1 Å². The fourth-order valence-electron chi connectivity index (χ4n) is 3.46. The molecular formula is C24H20N4O4S. The van der Waals surface area contributed by atoms with Crippen LogP contribution in [0, 0.1) is 6.92 Å². The number of carbonyl (C=O) groups is 2. The van der Waals surface area contributed by atoms with Crippen LogP contribution in [0.4, 0.5) is 10.5 Å². The fraction of sp³-hybridized carbons (Fsp3) is 0.125. The Balaban J connectivity index is 1.25. The van der Waals surface area contributed by atoms with Crippen molar-refractivity contribution in [3.63, 3.8) is 0 Å². The zero-order valence-corrected chi connectivity index (χ0v) is 18.5. The van der Waals surface area contributed by atoms with E-state index in [9.17, 15) is 9.59 Å². The minimum Gasteiger partial charge on any atom is -0.486 e. The lowest BCUT2D eigenvalue weighted by molar-refractivity contribution is 0.108. The second kappa shape index (κ2) is 8.87. The Hall–Kier alpha value is -3.98. The van der Waals surface area contributed by atoms with Crippen molar-refractivity contribution in [2.45, 2.75) is 6.92 Å². The topological polar surface area (TPSA) is 105 Å². The molecule has 0 fully saturated rings. The number of aryl methyl sites for hydroxylation is 1. The van der Waals surface area contributed by atoms with Gasteiger partial charge in [-0.15, -0.1) is 0 Å². The van der Waals surface area contributed by atoms with Crippen LogP contribution in [0.1, 0.15) is 15.9 Å². The number of hydrogen-bond acceptors (Lipinski definition) is 6. The Morgan fingerprint density at radius 3 is 2.67 bits per heavy atom. The summed E-state index contributed by atoms with van der Waals surface area (Å²) in [6, 6.07) is 17.9. The smallest absolute Gasteiger partial charge is 0.329 e. The number of rotatable bonds is 3. The van der Waals surface area contributed by atoms with Crippen LogP contribution in [0.15, 0.2) is 60.7 Å². The predicted octanol–water partition coefficient (Wildman–Crippen LogP) is 4.92. The molecule has 166 valence electrons. The van der Waals surface area contributed by atoms with Gasteiger partial charge in [0.05, 0.1) is 11.0 Å². The zero-order valence-electron chi connectivity index (χ0n) is 17.7. The molecule has 0 saturated carbocycles. The number of aromatic amines is 1. The number of carbonyl (C=O) groups excluding carboxylic acids is 2. The molecule has 0 saturated heterocycles. The first kappa shape index (κ1) is 20.9. The third-order valence-electron chi connectivity index (χ3n) is 5.16. The number of fused-ring (bicyclic) bond motifs is 2. The van der Waals surface area contributed by atoms with E-state index in [0.29, 0.717) is 53.7 Å². The van der Waals surface area contributed by atoms with Crippen LogP contribution in [-0.4, -0.2) is 34.3 Å². The summed E-state index contributed by atoms with van der Waals surface area (Å²) >= 11 is 0.701. The molecule has 0 unspecified atom stereocenters. The summed E-state index contributed by atoms with van der Waals surface area (Å²) in [6.45, 7) is 2.81. The van der Waals surface area contributed by atoms with Gasteiger partial charge in [0.1, 0.15) is 19.0 Å². The van der Waals surface area contributed by atoms with E-state index in [-0.39, 0.29) is 5.12 Å². The van der Waals surface area contributed by atoms with Crippen molar-refractivity contribution in [3.8, 4) is 22.9 Å². The Bertz CT molecular complexity index is 1330. The zero-order chi connectivity index (χ0) is 22.8. The van der Waals surface area contributed by atoms with Gasteiger partial charge >= 0.3 is 6.03 Å². The number of aromatic nitrogens is 2. The van der Waals surface area contributed by atoms with Crippen molar-refractivity contribution in [1.82, 2.24) is 14.7 Å². The maximum Gasteiger partial charge on any atom is 0.329 e. The number of anilines is 1. The number of urea groups is 1. The van der Waals surface area contributed by atoms with Crippen LogP contribution in [0.5, 0.6) is 11.5 Å². The second-order valence-corrected chi connectivity index (χ2v) is 8.22. The second-order valence-electron chi connectivity index (χ2n) is 7.44. The molecule has 0 spiro atoms. The Kier molecular flexibility index (Phi) is 5.62. The number of H-pyrrole nitrogens is 1. The van der Waals surface area contributed by atoms with Gasteiger partial charge in [0.25, 0.3) is 0 Å². The van der Waals surface area contributed by atoms with Crippen molar-refractivity contribution >= 4 is 39.8 Å². The largest absolute Gasteiger partial charge is 0.486 e. The highest BCUT2D eigenvalue weighted by Gasteiger charge is 2.17. The van der Waals surface area contributed by atoms with Gasteiger partial charge in [-0.3, -0.25) is 9.52 Å². The van der Waals surface area contributed by atoms with Gasteiger partial charge in [-0.05, 0) is 48.9 Å². The van der Waals surface area contributed by atoms with E-state index in [1.165, 1.54) is 0 Å². The van der Waals surface area contributed by atoms with Crippen LogP contribution in [0.3, 0.4) is 0 Å². The van der Waals surface area contributed by atoms with Gasteiger partial charge < -0.3 is 19.8 Å². The summed E-state index contributed by atoms with van der Waals surface area (Å²) in [7, 11) is 0. The van der Waals surface area contributed by atoms with Crippen LogP contribution < -0.4 is 19.5 Å². The highest BCUT2D eigenvalue weighted by Crippen LogP contribution is 2.31. The van der Waals surface area contributed by atoms with E-state index in [1.54, 1.807) is 18.2 Å². The summed E-state index contributed by atoms with van der Waals surface area (Å²) in [4.78, 5) is 32.8. The van der Waals surface area contributed by atoms with Crippen molar-refractivity contribution in [2.75, 3.05) is 18.5 Å². The number of hydrogen-bond donors (Lipinski definition) is 3. The fourth-order valence-corrected chi connectivity index (χ4v) is 3.94. The summed E-state index contributed by atoms with van der Waals surface area (Å²) in [5.74, 6) is 1.84. The summed E-state index contributed by atoms with van der Waals surface area (Å²) in [5, 5.41) is 2.49. The Morgan fingerprint density at radius 1 is 1.00 bits per heavy atom. The molecule has 3 aromatic carbocycles. The Morgan fingerprint density at radius 2 is 1.82 bits per heavy atom. The standard InChI is InChI=1S/C24H20N4O4S/c1-14-6-7-15(22-25-17-4-2-3-5-18(17)26-22)12-19(14)27-24(30)28-33-23(29)16-8-9-20-21(13-16)32-11-10-31-20/h2-9,12-13H,10-11H2,1H3,(H,25,26)(H2,27,28,30). The highest BCUT2D eigenvalue weighted by atomic mass is 32.2. The van der Waals surface area contributed by atoms with Crippen molar-refractivity contribution in [3.05, 3.63) is 71.8 Å². The number of para-hydroxylation sites is 2. The summed E-state index contributed by atoms with van der Waals surface area (Å²) in [6.07, 6.45) is 0. The molecule has 5 rings (SSSR count). The van der Waals surface area contributed by atoms with Gasteiger partial charge in [-0.1, -0.05) is 24.3 Å². The normalized spacial score (nSPS) is 12.4. The number of nitrogens with zero attached hydrogens (tertiary/aromatic N) is 1. The molecule has 1 aromatic heterocycles. The molecule has 3 N–H and O–H groups in total. The lowest BCUT2D eigenvalue weighted by atomic mass is 10.1. The summed E-state index contributed by atoms with van der Waals surface area (Å²) in [5.41, 5.74) is 4.56. The monoisotopic (exact) mass is 460 g/mol. The molecule has 0 aliphatic carbocycles. The number of ether oxygens (including phenoxy) is 2. The maximum absolute atomic E-state index is 12.5. The van der Waals surface area contributed by atoms with E-state index in [0.717, 1.165) is 22.2 Å². The van der Waals surface area contributed by atoms with Gasteiger partial charge in [-0.25, -0.2) is 9.78 Å².